The summed E-state index contributed by atoms with van der Waals surface area (Å²) in [4.78, 5) is 2.41. The molecule has 1 heterocycles. The van der Waals surface area contributed by atoms with Crippen molar-refractivity contribution in [3.05, 3.63) is 24.3 Å². The summed E-state index contributed by atoms with van der Waals surface area (Å²) in [5.41, 5.74) is 6.09. The van der Waals surface area contributed by atoms with Crippen molar-refractivity contribution in [1.29, 1.82) is 0 Å². The van der Waals surface area contributed by atoms with Crippen LogP contribution in [0.2, 0.25) is 0 Å². The van der Waals surface area contributed by atoms with Crippen molar-refractivity contribution in [3.63, 3.8) is 0 Å². The van der Waals surface area contributed by atoms with E-state index >= 15 is 0 Å². The third-order valence-electron chi connectivity index (χ3n) is 3.35. The first-order valence-electron chi connectivity index (χ1n) is 6.65. The van der Waals surface area contributed by atoms with Gasteiger partial charge >= 0.3 is 0 Å². The molecule has 2 rings (SSSR count). The van der Waals surface area contributed by atoms with Crippen molar-refractivity contribution < 1.29 is 13.2 Å². The first-order chi connectivity index (χ1) is 9.23. The first kappa shape index (κ1) is 15.3. The SMILES string of the molecule is CC1(C)CN(c2ccccc2S(C)(=O)=O)CC(CN)O1. The van der Waals surface area contributed by atoms with Crippen LogP contribution in [0.1, 0.15) is 13.8 Å². The van der Waals surface area contributed by atoms with E-state index in [4.69, 9.17) is 10.5 Å². The second-order valence-electron chi connectivity index (χ2n) is 5.86. The number of ether oxygens (including phenoxy) is 1. The molecular formula is C14H22N2O3S. The highest BCUT2D eigenvalue weighted by Gasteiger charge is 2.34. The van der Waals surface area contributed by atoms with Crippen LogP contribution in [0.15, 0.2) is 29.2 Å². The van der Waals surface area contributed by atoms with Crippen LogP contribution in [0, 0.1) is 0 Å². The van der Waals surface area contributed by atoms with Crippen molar-refractivity contribution in [1.82, 2.24) is 0 Å². The Morgan fingerprint density at radius 1 is 1.40 bits per heavy atom. The normalized spacial score (nSPS) is 22.8. The summed E-state index contributed by atoms with van der Waals surface area (Å²) in [6.45, 7) is 5.64. The van der Waals surface area contributed by atoms with E-state index in [9.17, 15) is 8.42 Å². The van der Waals surface area contributed by atoms with E-state index in [0.717, 1.165) is 5.69 Å². The topological polar surface area (TPSA) is 72.6 Å². The maximum absolute atomic E-state index is 11.9. The largest absolute Gasteiger partial charge is 0.367 e. The van der Waals surface area contributed by atoms with Crippen molar-refractivity contribution in [2.24, 2.45) is 5.73 Å². The molecule has 0 amide bonds. The zero-order valence-corrected chi connectivity index (χ0v) is 13.0. The number of hydrogen-bond donors (Lipinski definition) is 1. The fourth-order valence-corrected chi connectivity index (χ4v) is 3.54. The highest BCUT2D eigenvalue weighted by molar-refractivity contribution is 7.90. The molecule has 0 radical (unpaired) electrons. The van der Waals surface area contributed by atoms with Crippen molar-refractivity contribution >= 4 is 15.5 Å². The zero-order valence-electron chi connectivity index (χ0n) is 12.2. The lowest BCUT2D eigenvalue weighted by Gasteiger charge is -2.44. The van der Waals surface area contributed by atoms with E-state index in [-0.39, 0.29) is 11.7 Å². The Labute approximate surface area is 120 Å². The lowest BCUT2D eigenvalue weighted by molar-refractivity contribution is -0.0789. The number of sulfone groups is 1. The number of nitrogens with two attached hydrogens (primary N) is 1. The Morgan fingerprint density at radius 2 is 2.05 bits per heavy atom. The summed E-state index contributed by atoms with van der Waals surface area (Å²) in [5.74, 6) is 0. The van der Waals surface area contributed by atoms with E-state index in [0.29, 0.717) is 24.5 Å². The molecule has 2 N–H and O–H groups in total. The highest BCUT2D eigenvalue weighted by Crippen LogP contribution is 2.30. The smallest absolute Gasteiger partial charge is 0.177 e. The molecule has 1 aliphatic heterocycles. The predicted molar refractivity (Wildman–Crippen MR) is 79.8 cm³/mol. The summed E-state index contributed by atoms with van der Waals surface area (Å²) < 4.78 is 29.7. The van der Waals surface area contributed by atoms with Gasteiger partial charge in [-0.2, -0.15) is 0 Å². The van der Waals surface area contributed by atoms with Crippen LogP contribution in [0.4, 0.5) is 5.69 Å². The van der Waals surface area contributed by atoms with Crippen molar-refractivity contribution in [3.8, 4) is 0 Å². The number of benzene rings is 1. The minimum absolute atomic E-state index is 0.0913. The van der Waals surface area contributed by atoms with E-state index < -0.39 is 9.84 Å². The average Bonchev–Trinajstić information content (AvgIpc) is 2.35. The van der Waals surface area contributed by atoms with Crippen LogP contribution in [0.5, 0.6) is 0 Å². The maximum atomic E-state index is 11.9. The fraction of sp³-hybridized carbons (Fsp3) is 0.571. The van der Waals surface area contributed by atoms with Gasteiger partial charge in [0.25, 0.3) is 0 Å². The fourth-order valence-electron chi connectivity index (χ4n) is 2.63. The summed E-state index contributed by atoms with van der Waals surface area (Å²) in [6.07, 6.45) is 1.14. The quantitative estimate of drug-likeness (QED) is 0.902. The van der Waals surface area contributed by atoms with E-state index in [1.807, 2.05) is 26.0 Å². The number of anilines is 1. The molecule has 1 fully saturated rings. The monoisotopic (exact) mass is 298 g/mol. The molecule has 1 aliphatic rings. The molecule has 0 aromatic heterocycles. The van der Waals surface area contributed by atoms with Crippen LogP contribution < -0.4 is 10.6 Å². The molecule has 1 aromatic carbocycles. The molecule has 0 bridgehead atoms. The zero-order chi connectivity index (χ0) is 15.0. The molecule has 20 heavy (non-hydrogen) atoms. The van der Waals surface area contributed by atoms with Gasteiger partial charge in [-0.05, 0) is 26.0 Å². The van der Waals surface area contributed by atoms with Crippen LogP contribution in [-0.4, -0.2) is 46.0 Å². The van der Waals surface area contributed by atoms with Gasteiger partial charge in [-0.1, -0.05) is 12.1 Å². The summed E-state index contributed by atoms with van der Waals surface area (Å²) in [7, 11) is -3.26. The Bertz CT molecular complexity index is 584. The van der Waals surface area contributed by atoms with Crippen molar-refractivity contribution in [2.45, 2.75) is 30.4 Å². The average molecular weight is 298 g/mol. The highest BCUT2D eigenvalue weighted by atomic mass is 32.2. The van der Waals surface area contributed by atoms with Gasteiger partial charge in [-0.15, -0.1) is 0 Å². The van der Waals surface area contributed by atoms with Gasteiger partial charge in [0.2, 0.25) is 0 Å². The van der Waals surface area contributed by atoms with Gasteiger partial charge in [0.15, 0.2) is 9.84 Å². The molecular weight excluding hydrogens is 276 g/mol. The standard InChI is InChI=1S/C14H22N2O3S/c1-14(2)10-16(9-11(8-15)19-14)12-6-4-5-7-13(12)20(3,17)18/h4-7,11H,8-10,15H2,1-3H3. The van der Waals surface area contributed by atoms with E-state index in [1.165, 1.54) is 6.26 Å². The number of rotatable bonds is 3. The molecule has 0 spiro atoms. The van der Waals surface area contributed by atoms with Crippen LogP contribution >= 0.6 is 0 Å². The minimum atomic E-state index is -3.26. The van der Waals surface area contributed by atoms with Gasteiger partial charge in [-0.25, -0.2) is 8.42 Å². The third kappa shape index (κ3) is 3.31. The lowest BCUT2D eigenvalue weighted by Crippen LogP contribution is -2.55. The Morgan fingerprint density at radius 3 is 2.65 bits per heavy atom. The lowest BCUT2D eigenvalue weighted by atomic mass is 10.0. The Kier molecular flexibility index (Phi) is 4.09. The van der Waals surface area contributed by atoms with Gasteiger partial charge in [0.1, 0.15) is 0 Å². The summed E-state index contributed by atoms with van der Waals surface area (Å²) >= 11 is 0. The van der Waals surface area contributed by atoms with Crippen molar-refractivity contribution in [2.75, 3.05) is 30.8 Å². The van der Waals surface area contributed by atoms with Crippen LogP contribution in [-0.2, 0) is 14.6 Å². The van der Waals surface area contributed by atoms with Crippen LogP contribution in [0.25, 0.3) is 0 Å². The van der Waals surface area contributed by atoms with Crippen LogP contribution in [0.3, 0.4) is 0 Å². The molecule has 1 saturated heterocycles. The Balaban J connectivity index is 2.41. The van der Waals surface area contributed by atoms with Gasteiger partial charge in [-0.3, -0.25) is 0 Å². The predicted octanol–water partition coefficient (Wildman–Crippen LogP) is 1.03. The minimum Gasteiger partial charge on any atom is -0.367 e. The number of hydrogen-bond acceptors (Lipinski definition) is 5. The second kappa shape index (κ2) is 5.35. The molecule has 1 unspecified atom stereocenters. The number of morpholine rings is 1. The number of nitrogens with zero attached hydrogens (tertiary/aromatic N) is 1. The van der Waals surface area contributed by atoms with Gasteiger partial charge in [0, 0.05) is 25.9 Å². The van der Waals surface area contributed by atoms with Gasteiger partial charge < -0.3 is 15.4 Å². The Hall–Kier alpha value is -1.11. The molecule has 112 valence electrons. The van der Waals surface area contributed by atoms with E-state index in [2.05, 4.69) is 4.90 Å². The molecule has 5 nitrogen and oxygen atoms in total. The third-order valence-corrected chi connectivity index (χ3v) is 4.49. The summed E-state index contributed by atoms with van der Waals surface area (Å²) in [5, 5.41) is 0. The second-order valence-corrected chi connectivity index (χ2v) is 7.84. The molecule has 6 heteroatoms. The molecule has 0 saturated carbocycles. The van der Waals surface area contributed by atoms with Gasteiger partial charge in [0.05, 0.1) is 22.3 Å². The maximum Gasteiger partial charge on any atom is 0.177 e. The summed E-state index contributed by atoms with van der Waals surface area (Å²) in [6, 6.07) is 7.08. The molecule has 1 aromatic rings. The molecule has 0 aliphatic carbocycles. The first-order valence-corrected chi connectivity index (χ1v) is 8.54. The molecule has 1 atom stereocenters. The number of para-hydroxylation sites is 1. The van der Waals surface area contributed by atoms with E-state index in [1.54, 1.807) is 12.1 Å².